The van der Waals surface area contributed by atoms with Crippen molar-refractivity contribution < 1.29 is 38.4 Å². The fourth-order valence-electron chi connectivity index (χ4n) is 2.78. The molecule has 1 unspecified atom stereocenters. The molecule has 28 heavy (non-hydrogen) atoms. The third-order valence-electron chi connectivity index (χ3n) is 4.19. The van der Waals surface area contributed by atoms with Gasteiger partial charge in [-0.1, -0.05) is 46.8 Å². The molecule has 1 atom stereocenters. The first-order chi connectivity index (χ1) is 12.3. The summed E-state index contributed by atoms with van der Waals surface area (Å²) < 4.78 is 109. The summed E-state index contributed by atoms with van der Waals surface area (Å²) in [7, 11) is -11.5. The second-order valence-electron chi connectivity index (χ2n) is 7.67. The summed E-state index contributed by atoms with van der Waals surface area (Å²) in [6.45, 7) is 7.86. The van der Waals surface area contributed by atoms with E-state index in [2.05, 4.69) is 3.63 Å². The van der Waals surface area contributed by atoms with Crippen LogP contribution in [0.1, 0.15) is 45.7 Å². The van der Waals surface area contributed by atoms with E-state index in [4.69, 9.17) is 0 Å². The van der Waals surface area contributed by atoms with Gasteiger partial charge in [0.05, 0.1) is 0 Å². The van der Waals surface area contributed by atoms with Gasteiger partial charge in [0.25, 0.3) is 0 Å². The summed E-state index contributed by atoms with van der Waals surface area (Å²) in [5.41, 5.74) is -11.6. The highest BCUT2D eigenvalue weighted by Gasteiger charge is 2.64. The highest BCUT2D eigenvalue weighted by atomic mass is 32.3. The van der Waals surface area contributed by atoms with Crippen LogP contribution in [0.4, 0.5) is 26.3 Å². The van der Waals surface area contributed by atoms with Crippen LogP contribution < -0.4 is 0 Å². The zero-order valence-electron chi connectivity index (χ0n) is 15.7. The molecule has 0 amide bonds. The number of allylic oxidation sites excluding steroid dienone is 1. The lowest BCUT2D eigenvalue weighted by atomic mass is 9.86. The molecule has 1 aromatic carbocycles. The predicted molar refractivity (Wildman–Crippen MR) is 95.9 cm³/mol. The van der Waals surface area contributed by atoms with Gasteiger partial charge >= 0.3 is 21.1 Å². The minimum Gasteiger partial charge on any atom is -0.196 e. The van der Waals surface area contributed by atoms with Crippen LogP contribution in [0.3, 0.4) is 0 Å². The third kappa shape index (κ3) is 3.68. The Morgan fingerprint density at radius 1 is 1.00 bits per heavy atom. The van der Waals surface area contributed by atoms with Crippen molar-refractivity contribution in [3.8, 4) is 0 Å². The van der Waals surface area contributed by atoms with Crippen molar-refractivity contribution in [2.75, 3.05) is 0 Å². The molecule has 1 aromatic rings. The second kappa shape index (κ2) is 6.66. The van der Waals surface area contributed by atoms with Crippen molar-refractivity contribution in [3.63, 3.8) is 0 Å². The lowest BCUT2D eigenvalue weighted by molar-refractivity contribution is -0.0547. The molecule has 0 N–H and O–H groups in total. The van der Waals surface area contributed by atoms with Gasteiger partial charge in [-0.05, 0) is 34.6 Å². The number of hydrogen-bond donors (Lipinski definition) is 0. The lowest BCUT2D eigenvalue weighted by Crippen LogP contribution is -2.33. The van der Waals surface area contributed by atoms with Crippen molar-refractivity contribution in [1.82, 2.24) is 0 Å². The number of rotatable bonds is 3. The minimum absolute atomic E-state index is 0.00130. The molecule has 0 spiro atoms. The maximum absolute atomic E-state index is 14.3. The first-order valence-corrected chi connectivity index (χ1v) is 11.1. The van der Waals surface area contributed by atoms with Gasteiger partial charge in [-0.25, -0.2) is 0 Å². The monoisotopic (exact) mass is 450 g/mol. The fourth-order valence-corrected chi connectivity index (χ4v) is 7.56. The molecule has 0 saturated heterocycles. The summed E-state index contributed by atoms with van der Waals surface area (Å²) >= 11 is 0. The summed E-state index contributed by atoms with van der Waals surface area (Å²) in [5.74, 6) is -0.898. The van der Waals surface area contributed by atoms with Gasteiger partial charge in [-0.3, -0.25) is 0 Å². The van der Waals surface area contributed by atoms with E-state index in [0.717, 1.165) is 12.1 Å². The average molecular weight is 450 g/mol. The van der Waals surface area contributed by atoms with Crippen molar-refractivity contribution in [2.24, 2.45) is 5.92 Å². The lowest BCUT2D eigenvalue weighted by Gasteiger charge is -2.40. The van der Waals surface area contributed by atoms with E-state index in [1.807, 2.05) is 0 Å². The predicted octanol–water partition coefficient (Wildman–Crippen LogP) is 6.46. The molecule has 1 aliphatic heterocycles. The zero-order valence-corrected chi connectivity index (χ0v) is 17.3. The van der Waals surface area contributed by atoms with Gasteiger partial charge < -0.3 is 0 Å². The first-order valence-electron chi connectivity index (χ1n) is 8.13. The Bertz CT molecular complexity index is 908. The standard InChI is InChI=1S/C17H20F6O3S2/c1-10(2)13-8-11-6-7-12(15(3,4)5)9-14(11)27(13,16(18,19)20)26-28(24,25)17(21,22)23/h6-10H,1-5H3. The number of benzene rings is 1. The number of halogens is 6. The molecule has 0 saturated carbocycles. The molecule has 11 heteroatoms. The number of fused-ring (bicyclic) bond motifs is 1. The topological polar surface area (TPSA) is 43.4 Å². The first kappa shape index (κ1) is 23.1. The van der Waals surface area contributed by atoms with E-state index in [1.54, 1.807) is 26.8 Å². The third-order valence-corrected chi connectivity index (χ3v) is 9.17. The smallest absolute Gasteiger partial charge is 0.196 e. The van der Waals surface area contributed by atoms with Crippen molar-refractivity contribution in [3.05, 3.63) is 34.2 Å². The Hall–Kier alpha value is -1.20. The highest BCUT2D eigenvalue weighted by molar-refractivity contribution is 8.37. The normalized spacial score (nSPS) is 23.4. The maximum Gasteiger partial charge on any atom is 0.523 e. The van der Waals surface area contributed by atoms with Crippen molar-refractivity contribution >= 4 is 26.5 Å². The minimum atomic E-state index is -6.50. The van der Waals surface area contributed by atoms with E-state index in [9.17, 15) is 34.8 Å². The van der Waals surface area contributed by atoms with Crippen LogP contribution in [0, 0.1) is 5.92 Å². The van der Waals surface area contributed by atoms with Crippen LogP contribution in [-0.2, 0) is 19.2 Å². The van der Waals surface area contributed by atoms with E-state index < -0.39 is 52.6 Å². The molecule has 0 bridgehead atoms. The molecular weight excluding hydrogens is 430 g/mol. The molecule has 160 valence electrons. The second-order valence-corrected chi connectivity index (χ2v) is 12.1. The van der Waals surface area contributed by atoms with E-state index >= 15 is 0 Å². The number of hydrogen-bond acceptors (Lipinski definition) is 3. The Morgan fingerprint density at radius 2 is 1.54 bits per heavy atom. The van der Waals surface area contributed by atoms with Gasteiger partial charge in [-0.15, -0.1) is 0 Å². The van der Waals surface area contributed by atoms with Gasteiger partial charge in [0.1, 0.15) is 0 Å². The molecular formula is C17H20F6O3S2. The summed E-state index contributed by atoms with van der Waals surface area (Å²) in [6.07, 6.45) is 1.08. The molecule has 1 aliphatic rings. The molecule has 1 heterocycles. The molecule has 0 fully saturated rings. The summed E-state index contributed by atoms with van der Waals surface area (Å²) in [5, 5.41) is 0. The fraction of sp³-hybridized carbons (Fsp3) is 0.529. The van der Waals surface area contributed by atoms with Gasteiger partial charge in [-0.2, -0.15) is 38.4 Å². The Morgan fingerprint density at radius 3 is 1.93 bits per heavy atom. The van der Waals surface area contributed by atoms with Crippen molar-refractivity contribution in [1.29, 1.82) is 0 Å². The average Bonchev–Trinajstić information content (AvgIpc) is 2.79. The highest BCUT2D eigenvalue weighted by Crippen LogP contribution is 2.79. The van der Waals surface area contributed by atoms with E-state index in [-0.39, 0.29) is 5.56 Å². The van der Waals surface area contributed by atoms with Crippen LogP contribution in [0.2, 0.25) is 0 Å². The molecule has 0 aromatic heterocycles. The quantitative estimate of drug-likeness (QED) is 0.392. The number of alkyl halides is 6. The van der Waals surface area contributed by atoms with Crippen LogP contribution in [0.5, 0.6) is 0 Å². The summed E-state index contributed by atoms with van der Waals surface area (Å²) in [4.78, 5) is -1.10. The van der Waals surface area contributed by atoms with Crippen molar-refractivity contribution in [2.45, 2.75) is 55.9 Å². The Balaban J connectivity index is 2.89. The van der Waals surface area contributed by atoms with Gasteiger partial charge in [0.2, 0.25) is 0 Å². The molecule has 3 nitrogen and oxygen atoms in total. The Labute approximate surface area is 161 Å². The SMILES string of the molecule is CC(C)C1=Cc2ccc(C(C)(C)C)cc2S1(OS(=O)(=O)C(F)(F)F)C(F)(F)F. The largest absolute Gasteiger partial charge is 0.523 e. The zero-order chi connectivity index (χ0) is 21.9. The molecule has 2 rings (SSSR count). The molecule has 0 radical (unpaired) electrons. The van der Waals surface area contributed by atoms with Crippen LogP contribution in [-0.4, -0.2) is 19.4 Å². The summed E-state index contributed by atoms with van der Waals surface area (Å²) in [6, 6.07) is 4.02. The van der Waals surface area contributed by atoms with Crippen LogP contribution >= 0.6 is 10.3 Å². The molecule has 0 aliphatic carbocycles. The maximum atomic E-state index is 14.3. The van der Waals surface area contributed by atoms with Crippen LogP contribution in [0.15, 0.2) is 28.0 Å². The Kier molecular flexibility index (Phi) is 5.49. The van der Waals surface area contributed by atoms with Crippen LogP contribution in [0.25, 0.3) is 6.08 Å². The van der Waals surface area contributed by atoms with E-state index in [1.165, 1.54) is 19.9 Å². The van der Waals surface area contributed by atoms with Gasteiger partial charge in [0, 0.05) is 20.1 Å². The van der Waals surface area contributed by atoms with E-state index in [0.29, 0.717) is 5.56 Å². The van der Waals surface area contributed by atoms with Gasteiger partial charge in [0.15, 0.2) is 0 Å².